The summed E-state index contributed by atoms with van der Waals surface area (Å²) in [6, 6.07) is 5.44. The van der Waals surface area contributed by atoms with Gasteiger partial charge in [-0.1, -0.05) is 6.07 Å². The normalized spacial score (nSPS) is 10.9. The Bertz CT molecular complexity index is 728. The zero-order valence-electron chi connectivity index (χ0n) is 9.08. The molecule has 0 unspecified atom stereocenters. The molecule has 3 aromatic heterocycles. The molecule has 0 spiro atoms. The lowest BCUT2D eigenvalue weighted by Gasteiger charge is -2.00. The summed E-state index contributed by atoms with van der Waals surface area (Å²) in [6.07, 6.45) is 3.16. The molecule has 0 aliphatic carbocycles. The maximum Gasteiger partial charge on any atom is 0.262 e. The Balaban J connectivity index is 2.32. The molecule has 0 saturated carbocycles. The van der Waals surface area contributed by atoms with Gasteiger partial charge in [-0.3, -0.25) is 14.5 Å². The molecule has 0 radical (unpaired) electrons. The van der Waals surface area contributed by atoms with Crippen molar-refractivity contribution in [3.05, 3.63) is 40.9 Å². The number of fused-ring (bicyclic) bond motifs is 1. The fourth-order valence-corrected chi connectivity index (χ4v) is 1.66. The molecule has 3 rings (SSSR count). The van der Waals surface area contributed by atoms with Crippen LogP contribution in [0, 0.1) is 0 Å². The van der Waals surface area contributed by atoms with Crippen molar-refractivity contribution in [2.45, 2.75) is 0 Å². The molecule has 17 heavy (non-hydrogen) atoms. The van der Waals surface area contributed by atoms with Crippen molar-refractivity contribution in [3.8, 4) is 11.5 Å². The average molecular weight is 227 g/mol. The van der Waals surface area contributed by atoms with Gasteiger partial charge in [-0.05, 0) is 12.1 Å². The van der Waals surface area contributed by atoms with E-state index in [2.05, 4.69) is 20.1 Å². The molecule has 0 aliphatic rings. The first-order valence-corrected chi connectivity index (χ1v) is 5.09. The van der Waals surface area contributed by atoms with Crippen molar-refractivity contribution in [1.29, 1.82) is 0 Å². The summed E-state index contributed by atoms with van der Waals surface area (Å²) in [4.78, 5) is 23.0. The first kappa shape index (κ1) is 9.71. The fourth-order valence-electron chi connectivity index (χ4n) is 1.66. The van der Waals surface area contributed by atoms with Crippen molar-refractivity contribution in [3.63, 3.8) is 0 Å². The van der Waals surface area contributed by atoms with Gasteiger partial charge < -0.3 is 4.98 Å². The summed E-state index contributed by atoms with van der Waals surface area (Å²) in [5, 5.41) is 4.48. The van der Waals surface area contributed by atoms with Crippen LogP contribution in [-0.4, -0.2) is 24.7 Å². The molecule has 0 atom stereocenters. The molecule has 1 N–H and O–H groups in total. The molecule has 0 fully saturated rings. The van der Waals surface area contributed by atoms with Gasteiger partial charge in [0.05, 0.1) is 6.20 Å². The van der Waals surface area contributed by atoms with Crippen molar-refractivity contribution >= 4 is 11.0 Å². The van der Waals surface area contributed by atoms with E-state index in [-0.39, 0.29) is 5.56 Å². The Kier molecular flexibility index (Phi) is 2.01. The highest BCUT2D eigenvalue weighted by atomic mass is 16.1. The number of aryl methyl sites for hydroxylation is 1. The Morgan fingerprint density at radius 3 is 3.00 bits per heavy atom. The third-order valence-electron chi connectivity index (χ3n) is 2.51. The molecular formula is C11H9N5O. The van der Waals surface area contributed by atoms with E-state index in [1.54, 1.807) is 24.0 Å². The van der Waals surface area contributed by atoms with Gasteiger partial charge in [-0.25, -0.2) is 4.98 Å². The second kappa shape index (κ2) is 3.51. The number of aromatic nitrogens is 5. The third-order valence-corrected chi connectivity index (χ3v) is 2.51. The minimum Gasteiger partial charge on any atom is -0.305 e. The van der Waals surface area contributed by atoms with Crippen LogP contribution in [-0.2, 0) is 7.05 Å². The van der Waals surface area contributed by atoms with Crippen molar-refractivity contribution in [2.24, 2.45) is 7.05 Å². The number of hydrogen-bond donors (Lipinski definition) is 1. The monoisotopic (exact) mass is 227 g/mol. The van der Waals surface area contributed by atoms with Crippen LogP contribution >= 0.6 is 0 Å². The SMILES string of the molecule is Cn1ncc2c(=O)[nH]c(-c3ccccn3)nc21. The Morgan fingerprint density at radius 2 is 2.24 bits per heavy atom. The molecule has 6 nitrogen and oxygen atoms in total. The van der Waals surface area contributed by atoms with Crippen molar-refractivity contribution in [1.82, 2.24) is 24.7 Å². The van der Waals surface area contributed by atoms with E-state index < -0.39 is 0 Å². The Morgan fingerprint density at radius 1 is 1.35 bits per heavy atom. The molecule has 84 valence electrons. The van der Waals surface area contributed by atoms with E-state index in [0.29, 0.717) is 22.6 Å². The van der Waals surface area contributed by atoms with Gasteiger partial charge in [0.25, 0.3) is 5.56 Å². The number of nitrogens with zero attached hydrogens (tertiary/aromatic N) is 4. The Labute approximate surface area is 96.0 Å². The predicted molar refractivity (Wildman–Crippen MR) is 62.4 cm³/mol. The molecule has 0 aromatic carbocycles. The molecule has 0 saturated heterocycles. The number of pyridine rings is 1. The van der Waals surface area contributed by atoms with Crippen LogP contribution in [0.1, 0.15) is 0 Å². The van der Waals surface area contributed by atoms with Crippen LogP contribution in [0.5, 0.6) is 0 Å². The van der Waals surface area contributed by atoms with Gasteiger partial charge >= 0.3 is 0 Å². The fraction of sp³-hybridized carbons (Fsp3) is 0.0909. The second-order valence-electron chi connectivity index (χ2n) is 3.63. The molecule has 3 heterocycles. The summed E-state index contributed by atoms with van der Waals surface area (Å²) in [5.74, 6) is 0.451. The van der Waals surface area contributed by atoms with Crippen LogP contribution in [0.15, 0.2) is 35.4 Å². The van der Waals surface area contributed by atoms with Crippen LogP contribution in [0.4, 0.5) is 0 Å². The molecule has 6 heteroatoms. The van der Waals surface area contributed by atoms with E-state index in [0.717, 1.165) is 0 Å². The lowest BCUT2D eigenvalue weighted by Crippen LogP contribution is -2.10. The minimum atomic E-state index is -0.205. The lowest BCUT2D eigenvalue weighted by atomic mass is 10.3. The number of rotatable bonds is 1. The van der Waals surface area contributed by atoms with E-state index in [1.165, 1.54) is 6.20 Å². The quantitative estimate of drug-likeness (QED) is 0.664. The number of hydrogen-bond acceptors (Lipinski definition) is 4. The van der Waals surface area contributed by atoms with Crippen molar-refractivity contribution < 1.29 is 0 Å². The summed E-state index contributed by atoms with van der Waals surface area (Å²) in [5.41, 5.74) is 0.978. The highest BCUT2D eigenvalue weighted by molar-refractivity contribution is 5.75. The standard InChI is InChI=1S/C11H9N5O/c1-16-10-7(6-13-16)11(17)15-9(14-10)8-4-2-3-5-12-8/h2-6H,1H3,(H,14,15,17). The van der Waals surface area contributed by atoms with Crippen LogP contribution < -0.4 is 5.56 Å². The van der Waals surface area contributed by atoms with Gasteiger partial charge in [0.15, 0.2) is 11.5 Å². The van der Waals surface area contributed by atoms with Gasteiger partial charge in [0.2, 0.25) is 0 Å². The van der Waals surface area contributed by atoms with Gasteiger partial charge in [0, 0.05) is 13.2 Å². The third kappa shape index (κ3) is 1.50. The zero-order valence-corrected chi connectivity index (χ0v) is 9.08. The molecule has 0 amide bonds. The smallest absolute Gasteiger partial charge is 0.262 e. The van der Waals surface area contributed by atoms with E-state index in [4.69, 9.17) is 0 Å². The summed E-state index contributed by atoms with van der Waals surface area (Å²) >= 11 is 0. The molecule has 0 bridgehead atoms. The van der Waals surface area contributed by atoms with Crippen LogP contribution in [0.25, 0.3) is 22.6 Å². The lowest BCUT2D eigenvalue weighted by molar-refractivity contribution is 0.785. The Hall–Kier alpha value is -2.50. The number of H-pyrrole nitrogens is 1. The van der Waals surface area contributed by atoms with E-state index in [9.17, 15) is 4.79 Å². The van der Waals surface area contributed by atoms with Crippen LogP contribution in [0.2, 0.25) is 0 Å². The predicted octanol–water partition coefficient (Wildman–Crippen LogP) is 0.719. The minimum absolute atomic E-state index is 0.205. The summed E-state index contributed by atoms with van der Waals surface area (Å²) in [6.45, 7) is 0. The molecular weight excluding hydrogens is 218 g/mol. The highest BCUT2D eigenvalue weighted by Gasteiger charge is 2.09. The first-order valence-electron chi connectivity index (χ1n) is 5.09. The average Bonchev–Trinajstić information content (AvgIpc) is 2.73. The number of nitrogens with one attached hydrogen (secondary N) is 1. The first-order chi connectivity index (χ1) is 8.25. The molecule has 0 aliphatic heterocycles. The van der Waals surface area contributed by atoms with Gasteiger partial charge in [-0.2, -0.15) is 5.10 Å². The largest absolute Gasteiger partial charge is 0.305 e. The zero-order chi connectivity index (χ0) is 11.8. The molecule has 3 aromatic rings. The highest BCUT2D eigenvalue weighted by Crippen LogP contribution is 2.12. The second-order valence-corrected chi connectivity index (χ2v) is 3.63. The maximum absolute atomic E-state index is 11.8. The maximum atomic E-state index is 11.8. The van der Waals surface area contributed by atoms with Crippen LogP contribution in [0.3, 0.4) is 0 Å². The van der Waals surface area contributed by atoms with Gasteiger partial charge in [0.1, 0.15) is 11.1 Å². The van der Waals surface area contributed by atoms with Gasteiger partial charge in [-0.15, -0.1) is 0 Å². The summed E-state index contributed by atoms with van der Waals surface area (Å²) < 4.78 is 1.57. The topological polar surface area (TPSA) is 76.5 Å². The van der Waals surface area contributed by atoms with E-state index in [1.807, 2.05) is 12.1 Å². The summed E-state index contributed by atoms with van der Waals surface area (Å²) in [7, 11) is 1.75. The van der Waals surface area contributed by atoms with E-state index >= 15 is 0 Å². The number of aromatic amines is 1. The van der Waals surface area contributed by atoms with Crippen molar-refractivity contribution in [2.75, 3.05) is 0 Å².